The van der Waals surface area contributed by atoms with E-state index in [1.54, 1.807) is 16.8 Å². The van der Waals surface area contributed by atoms with E-state index in [-0.39, 0.29) is 5.92 Å². The van der Waals surface area contributed by atoms with E-state index >= 15 is 0 Å². The third kappa shape index (κ3) is 5.20. The van der Waals surface area contributed by atoms with Crippen LogP contribution in [0.5, 0.6) is 5.75 Å². The van der Waals surface area contributed by atoms with Gasteiger partial charge in [0.1, 0.15) is 5.75 Å². The molecule has 5 nitrogen and oxygen atoms in total. The molecule has 3 aromatic rings. The van der Waals surface area contributed by atoms with Crippen LogP contribution in [0.4, 0.5) is 13.2 Å². The molecule has 0 spiro atoms. The maximum absolute atomic E-state index is 12.8. The van der Waals surface area contributed by atoms with Crippen LogP contribution >= 0.6 is 0 Å². The molecule has 1 heterocycles. The van der Waals surface area contributed by atoms with Crippen molar-refractivity contribution in [2.45, 2.75) is 32.4 Å². The van der Waals surface area contributed by atoms with E-state index in [0.29, 0.717) is 11.4 Å². The second-order valence-corrected chi connectivity index (χ2v) is 7.09. The maximum Gasteiger partial charge on any atom is 0.416 e. The Kier molecular flexibility index (Phi) is 6.14. The van der Waals surface area contributed by atoms with Gasteiger partial charge in [0.2, 0.25) is 0 Å². The molecule has 3 rings (SSSR count). The molecule has 2 aromatic carbocycles. The molecular formula is C22H21F3N2O3. The van der Waals surface area contributed by atoms with Gasteiger partial charge in [-0.25, -0.2) is 9.48 Å². The van der Waals surface area contributed by atoms with Gasteiger partial charge in [-0.2, -0.15) is 18.3 Å². The Balaban J connectivity index is 1.71. The van der Waals surface area contributed by atoms with Crippen LogP contribution in [0.3, 0.4) is 0 Å². The summed E-state index contributed by atoms with van der Waals surface area (Å²) in [5, 5.41) is 13.1. The molecule has 0 amide bonds. The summed E-state index contributed by atoms with van der Waals surface area (Å²) in [6.07, 6.45) is -1.81. The summed E-state index contributed by atoms with van der Waals surface area (Å²) >= 11 is 0. The summed E-state index contributed by atoms with van der Waals surface area (Å²) in [6.45, 7) is 3.53. The zero-order valence-corrected chi connectivity index (χ0v) is 16.5. The van der Waals surface area contributed by atoms with Crippen LogP contribution in [-0.2, 0) is 17.4 Å². The summed E-state index contributed by atoms with van der Waals surface area (Å²) < 4.78 is 45.0. The fraction of sp³-hybridized carbons (Fsp3) is 0.273. The van der Waals surface area contributed by atoms with Gasteiger partial charge in [0, 0.05) is 6.20 Å². The van der Waals surface area contributed by atoms with Crippen molar-refractivity contribution in [1.82, 2.24) is 9.78 Å². The number of carbonyl (C=O) groups is 1. The predicted octanol–water partition coefficient (Wildman–Crippen LogP) is 5.01. The Labute approximate surface area is 171 Å². The third-order valence-electron chi connectivity index (χ3n) is 4.75. The van der Waals surface area contributed by atoms with E-state index in [4.69, 9.17) is 9.84 Å². The molecule has 0 radical (unpaired) electrons. The normalized spacial score (nSPS) is 12.6. The highest BCUT2D eigenvalue weighted by Crippen LogP contribution is 2.30. The standard InChI is InChI=1S/C22H21F3N2O3/c1-14(11-16-3-9-19(10-4-16)30-13-21(28)29)20-12-27(26-15(20)2)18-7-5-17(6-8-18)22(23,24)25/h3-10,12,14H,11,13H2,1-2H3,(H,28,29). The number of hydrogen-bond acceptors (Lipinski definition) is 3. The Hall–Kier alpha value is -3.29. The smallest absolute Gasteiger partial charge is 0.416 e. The molecule has 1 atom stereocenters. The van der Waals surface area contributed by atoms with Gasteiger partial charge in [-0.1, -0.05) is 19.1 Å². The molecule has 0 aliphatic rings. The molecular weight excluding hydrogens is 397 g/mol. The van der Waals surface area contributed by atoms with Crippen LogP contribution < -0.4 is 4.74 Å². The Morgan fingerprint density at radius 1 is 1.13 bits per heavy atom. The van der Waals surface area contributed by atoms with Gasteiger partial charge in [0.15, 0.2) is 6.61 Å². The first kappa shape index (κ1) is 21.4. The minimum atomic E-state index is -4.37. The van der Waals surface area contributed by atoms with Gasteiger partial charge in [0.05, 0.1) is 16.9 Å². The zero-order valence-electron chi connectivity index (χ0n) is 16.5. The lowest BCUT2D eigenvalue weighted by Gasteiger charge is -2.11. The van der Waals surface area contributed by atoms with Crippen molar-refractivity contribution in [3.05, 3.63) is 77.1 Å². The Bertz CT molecular complexity index is 1010. The lowest BCUT2D eigenvalue weighted by molar-refractivity contribution is -0.139. The first-order chi connectivity index (χ1) is 14.1. The van der Waals surface area contributed by atoms with Crippen LogP contribution in [0.25, 0.3) is 5.69 Å². The van der Waals surface area contributed by atoms with Crippen molar-refractivity contribution in [2.24, 2.45) is 0 Å². The number of halogens is 3. The first-order valence-corrected chi connectivity index (χ1v) is 9.31. The summed E-state index contributed by atoms with van der Waals surface area (Å²) in [5.41, 5.74) is 2.72. The molecule has 1 aromatic heterocycles. The minimum Gasteiger partial charge on any atom is -0.482 e. The quantitative estimate of drug-likeness (QED) is 0.586. The highest BCUT2D eigenvalue weighted by molar-refractivity contribution is 5.68. The zero-order chi connectivity index (χ0) is 21.9. The van der Waals surface area contributed by atoms with E-state index in [2.05, 4.69) is 12.0 Å². The topological polar surface area (TPSA) is 64.4 Å². The molecule has 0 saturated carbocycles. The summed E-state index contributed by atoms with van der Waals surface area (Å²) in [5.74, 6) is -0.424. The number of aliphatic carboxylic acids is 1. The van der Waals surface area contributed by atoms with Gasteiger partial charge in [0.25, 0.3) is 0 Å². The van der Waals surface area contributed by atoms with Gasteiger partial charge in [-0.3, -0.25) is 0 Å². The van der Waals surface area contributed by atoms with Crippen molar-refractivity contribution >= 4 is 5.97 Å². The molecule has 30 heavy (non-hydrogen) atoms. The number of aromatic nitrogens is 2. The molecule has 0 saturated heterocycles. The van der Waals surface area contributed by atoms with Crippen LogP contribution in [0, 0.1) is 6.92 Å². The number of ether oxygens (including phenoxy) is 1. The second-order valence-electron chi connectivity index (χ2n) is 7.09. The summed E-state index contributed by atoms with van der Waals surface area (Å²) in [6, 6.07) is 12.1. The number of nitrogens with zero attached hydrogens (tertiary/aromatic N) is 2. The minimum absolute atomic E-state index is 0.124. The number of carboxylic acids is 1. The number of hydrogen-bond donors (Lipinski definition) is 1. The van der Waals surface area contributed by atoms with Gasteiger partial charge in [-0.05, 0) is 66.8 Å². The monoisotopic (exact) mass is 418 g/mol. The number of rotatable bonds is 7. The molecule has 0 fully saturated rings. The van der Waals surface area contributed by atoms with Crippen molar-refractivity contribution < 1.29 is 27.8 Å². The molecule has 0 bridgehead atoms. The lowest BCUT2D eigenvalue weighted by Crippen LogP contribution is -2.09. The fourth-order valence-electron chi connectivity index (χ4n) is 3.22. The van der Waals surface area contributed by atoms with Gasteiger partial charge < -0.3 is 9.84 Å². The number of alkyl halides is 3. The van der Waals surface area contributed by atoms with Crippen LogP contribution in [0.1, 0.15) is 35.2 Å². The first-order valence-electron chi connectivity index (χ1n) is 9.31. The SMILES string of the molecule is Cc1nn(-c2ccc(C(F)(F)F)cc2)cc1C(C)Cc1ccc(OCC(=O)O)cc1. The fourth-order valence-corrected chi connectivity index (χ4v) is 3.22. The van der Waals surface area contributed by atoms with Gasteiger partial charge in [-0.15, -0.1) is 0 Å². The number of carboxylic acid groups (broad SMARTS) is 1. The largest absolute Gasteiger partial charge is 0.482 e. The molecule has 1 unspecified atom stereocenters. The molecule has 0 aliphatic carbocycles. The average Bonchev–Trinajstić information content (AvgIpc) is 3.08. The second kappa shape index (κ2) is 8.61. The maximum atomic E-state index is 12.8. The lowest BCUT2D eigenvalue weighted by atomic mass is 9.94. The number of benzene rings is 2. The highest BCUT2D eigenvalue weighted by Gasteiger charge is 2.30. The summed E-state index contributed by atoms with van der Waals surface area (Å²) in [7, 11) is 0. The van der Waals surface area contributed by atoms with Crippen molar-refractivity contribution in [3.8, 4) is 11.4 Å². The van der Waals surface area contributed by atoms with Crippen molar-refractivity contribution in [1.29, 1.82) is 0 Å². The van der Waals surface area contributed by atoms with Crippen molar-refractivity contribution in [2.75, 3.05) is 6.61 Å². The molecule has 8 heteroatoms. The molecule has 0 aliphatic heterocycles. The summed E-state index contributed by atoms with van der Waals surface area (Å²) in [4.78, 5) is 10.6. The van der Waals surface area contributed by atoms with Crippen LogP contribution in [0.15, 0.2) is 54.7 Å². The van der Waals surface area contributed by atoms with E-state index in [1.807, 2.05) is 25.3 Å². The Morgan fingerprint density at radius 3 is 2.33 bits per heavy atom. The van der Waals surface area contributed by atoms with E-state index in [9.17, 15) is 18.0 Å². The average molecular weight is 418 g/mol. The Morgan fingerprint density at radius 2 is 1.77 bits per heavy atom. The van der Waals surface area contributed by atoms with E-state index in [0.717, 1.165) is 35.4 Å². The van der Waals surface area contributed by atoms with E-state index < -0.39 is 24.3 Å². The van der Waals surface area contributed by atoms with E-state index in [1.165, 1.54) is 12.1 Å². The van der Waals surface area contributed by atoms with Crippen LogP contribution in [-0.4, -0.2) is 27.5 Å². The molecule has 158 valence electrons. The predicted molar refractivity (Wildman–Crippen MR) is 105 cm³/mol. The number of aryl methyl sites for hydroxylation is 1. The van der Waals surface area contributed by atoms with Gasteiger partial charge >= 0.3 is 12.1 Å². The highest BCUT2D eigenvalue weighted by atomic mass is 19.4. The third-order valence-corrected chi connectivity index (χ3v) is 4.75. The molecule has 1 N–H and O–H groups in total. The van der Waals surface area contributed by atoms with Crippen LogP contribution in [0.2, 0.25) is 0 Å². The van der Waals surface area contributed by atoms with Crippen molar-refractivity contribution in [3.63, 3.8) is 0 Å².